The maximum Gasteiger partial charge on any atom is 0.226 e. The molecule has 1 atom stereocenters. The molecule has 1 aliphatic heterocycles. The first kappa shape index (κ1) is 19.4. The minimum atomic E-state index is -0.211. The summed E-state index contributed by atoms with van der Waals surface area (Å²) < 4.78 is 19.0. The number of benzene rings is 2. The highest BCUT2D eigenvalue weighted by atomic mass is 32.1. The number of carbonyl (C=O) groups excluding carboxylic acids is 1. The van der Waals surface area contributed by atoms with Crippen LogP contribution in [0.25, 0.3) is 15.3 Å². The first-order chi connectivity index (χ1) is 15.1. The second kappa shape index (κ2) is 7.59. The van der Waals surface area contributed by atoms with E-state index in [2.05, 4.69) is 10.4 Å². The predicted molar refractivity (Wildman–Crippen MR) is 118 cm³/mol. The molecule has 0 radical (unpaired) electrons. The van der Waals surface area contributed by atoms with Gasteiger partial charge in [0.15, 0.2) is 11.5 Å². The van der Waals surface area contributed by atoms with Gasteiger partial charge >= 0.3 is 0 Å². The van der Waals surface area contributed by atoms with Gasteiger partial charge < -0.3 is 19.5 Å². The van der Waals surface area contributed by atoms with E-state index in [4.69, 9.17) is 19.2 Å². The Morgan fingerprint density at radius 3 is 2.74 bits per heavy atom. The number of fused-ring (bicyclic) bond motifs is 2. The van der Waals surface area contributed by atoms with E-state index in [9.17, 15) is 4.79 Å². The van der Waals surface area contributed by atoms with Gasteiger partial charge in [-0.15, -0.1) is 0 Å². The number of nitrogens with zero attached hydrogens (tertiary/aromatic N) is 3. The van der Waals surface area contributed by atoms with Crippen molar-refractivity contribution in [3.8, 4) is 22.4 Å². The fourth-order valence-corrected chi connectivity index (χ4v) is 4.90. The molecule has 0 saturated heterocycles. The van der Waals surface area contributed by atoms with Crippen LogP contribution in [0.5, 0.6) is 17.2 Å². The zero-order valence-electron chi connectivity index (χ0n) is 17.2. The Labute approximate surface area is 182 Å². The Balaban J connectivity index is 1.62. The van der Waals surface area contributed by atoms with Crippen LogP contribution in [0.4, 0.5) is 5.82 Å². The van der Waals surface area contributed by atoms with Crippen LogP contribution in [0, 0.1) is 0 Å². The van der Waals surface area contributed by atoms with E-state index in [-0.39, 0.29) is 11.8 Å². The highest BCUT2D eigenvalue weighted by Gasteiger charge is 2.33. The fraction of sp³-hybridized carbons (Fsp3) is 0.227. The van der Waals surface area contributed by atoms with Gasteiger partial charge in [0.25, 0.3) is 0 Å². The van der Waals surface area contributed by atoms with Gasteiger partial charge in [-0.3, -0.25) is 4.79 Å². The number of nitrogens with one attached hydrogen (secondary N) is 1. The lowest BCUT2D eigenvalue weighted by Crippen LogP contribution is -2.24. The van der Waals surface area contributed by atoms with Crippen LogP contribution >= 0.6 is 11.3 Å². The van der Waals surface area contributed by atoms with Crippen molar-refractivity contribution in [1.82, 2.24) is 14.8 Å². The monoisotopic (exact) mass is 436 g/mol. The van der Waals surface area contributed by atoms with Gasteiger partial charge in [-0.05, 0) is 24.3 Å². The van der Waals surface area contributed by atoms with Crippen molar-refractivity contribution >= 4 is 33.3 Å². The molecule has 0 bridgehead atoms. The summed E-state index contributed by atoms with van der Waals surface area (Å²) in [4.78, 5) is 17.3. The minimum Gasteiger partial charge on any atom is -0.497 e. The van der Waals surface area contributed by atoms with E-state index in [1.165, 1.54) is 11.3 Å². The third-order valence-electron chi connectivity index (χ3n) is 5.39. The quantitative estimate of drug-likeness (QED) is 0.509. The SMILES string of the molecule is COc1ccc2nc(-n3ncc4c3NC(=O)C[C@@H]4c3cccc(OC)c3OC)sc2c1. The molecule has 0 unspecified atom stereocenters. The number of amides is 1. The molecule has 2 aromatic carbocycles. The zero-order chi connectivity index (χ0) is 21.5. The average Bonchev–Trinajstić information content (AvgIpc) is 3.40. The summed E-state index contributed by atoms with van der Waals surface area (Å²) >= 11 is 1.48. The molecule has 0 saturated carbocycles. The summed E-state index contributed by atoms with van der Waals surface area (Å²) in [5.74, 6) is 2.33. The fourth-order valence-electron chi connectivity index (χ4n) is 3.94. The van der Waals surface area contributed by atoms with E-state index in [0.717, 1.165) is 27.1 Å². The van der Waals surface area contributed by atoms with Crippen molar-refractivity contribution in [3.05, 3.63) is 53.7 Å². The summed E-state index contributed by atoms with van der Waals surface area (Å²) in [7, 11) is 4.83. The number of para-hydroxylation sites is 1. The first-order valence-corrected chi connectivity index (χ1v) is 10.5. The molecular weight excluding hydrogens is 416 g/mol. The maximum absolute atomic E-state index is 12.6. The van der Waals surface area contributed by atoms with Crippen LogP contribution in [0.15, 0.2) is 42.6 Å². The van der Waals surface area contributed by atoms with Crippen molar-refractivity contribution in [1.29, 1.82) is 0 Å². The smallest absolute Gasteiger partial charge is 0.226 e. The van der Waals surface area contributed by atoms with E-state index < -0.39 is 0 Å². The predicted octanol–water partition coefficient (Wildman–Crippen LogP) is 3.98. The molecule has 31 heavy (non-hydrogen) atoms. The molecule has 0 spiro atoms. The van der Waals surface area contributed by atoms with Crippen molar-refractivity contribution in [2.24, 2.45) is 0 Å². The minimum absolute atomic E-state index is 0.0908. The van der Waals surface area contributed by atoms with Gasteiger partial charge in [0, 0.05) is 23.5 Å². The molecule has 1 amide bonds. The molecule has 9 heteroatoms. The lowest BCUT2D eigenvalue weighted by molar-refractivity contribution is -0.116. The van der Waals surface area contributed by atoms with E-state index >= 15 is 0 Å². The van der Waals surface area contributed by atoms with Crippen LogP contribution < -0.4 is 19.5 Å². The molecule has 158 valence electrons. The standard InChI is InChI=1S/C22H20N4O4S/c1-28-12-7-8-16-18(9-12)31-22(24-16)26-21-15(11-23-26)14(10-19(27)25-21)13-5-4-6-17(29-2)20(13)30-3/h4-9,11,14H,10H2,1-3H3,(H,25,27)/t14-/m1/s1. The van der Waals surface area contributed by atoms with Crippen molar-refractivity contribution in [2.45, 2.75) is 12.3 Å². The van der Waals surface area contributed by atoms with Crippen molar-refractivity contribution < 1.29 is 19.0 Å². The molecule has 3 heterocycles. The second-order valence-electron chi connectivity index (χ2n) is 7.08. The Hall–Kier alpha value is -3.59. The van der Waals surface area contributed by atoms with Gasteiger partial charge in [0.2, 0.25) is 11.0 Å². The Bertz CT molecular complexity index is 1300. The number of ether oxygens (including phenoxy) is 3. The first-order valence-electron chi connectivity index (χ1n) is 9.66. The molecular formula is C22H20N4O4S. The molecule has 0 fully saturated rings. The lowest BCUT2D eigenvalue weighted by atomic mass is 9.86. The lowest BCUT2D eigenvalue weighted by Gasteiger charge is -2.25. The molecule has 4 aromatic rings. The Morgan fingerprint density at radius 1 is 1.10 bits per heavy atom. The molecule has 1 N–H and O–H groups in total. The van der Waals surface area contributed by atoms with Crippen LogP contribution in [0.2, 0.25) is 0 Å². The van der Waals surface area contributed by atoms with E-state index in [0.29, 0.717) is 28.9 Å². The second-order valence-corrected chi connectivity index (χ2v) is 8.09. The number of thiazole rings is 1. The Kier molecular flexibility index (Phi) is 4.74. The number of carbonyl (C=O) groups is 1. The van der Waals surface area contributed by atoms with Crippen LogP contribution in [0.3, 0.4) is 0 Å². The van der Waals surface area contributed by atoms with Crippen LogP contribution in [-0.2, 0) is 4.79 Å². The van der Waals surface area contributed by atoms with Crippen molar-refractivity contribution in [2.75, 3.05) is 26.6 Å². The maximum atomic E-state index is 12.6. The summed E-state index contributed by atoms with van der Waals surface area (Å²) in [6.07, 6.45) is 2.07. The van der Waals surface area contributed by atoms with Crippen LogP contribution in [-0.4, -0.2) is 42.0 Å². The highest BCUT2D eigenvalue weighted by Crippen LogP contribution is 2.44. The molecule has 1 aliphatic rings. The molecule has 0 aliphatic carbocycles. The van der Waals surface area contributed by atoms with Gasteiger partial charge in [0.05, 0.1) is 37.7 Å². The van der Waals surface area contributed by atoms with Crippen molar-refractivity contribution in [3.63, 3.8) is 0 Å². The summed E-state index contributed by atoms with van der Waals surface area (Å²) in [5, 5.41) is 8.20. The largest absolute Gasteiger partial charge is 0.497 e. The van der Waals surface area contributed by atoms with E-state index in [1.807, 2.05) is 36.4 Å². The zero-order valence-corrected chi connectivity index (χ0v) is 18.0. The normalized spacial score (nSPS) is 15.5. The van der Waals surface area contributed by atoms with Crippen LogP contribution in [0.1, 0.15) is 23.5 Å². The number of methoxy groups -OCH3 is 3. The summed E-state index contributed by atoms with van der Waals surface area (Å²) in [6.45, 7) is 0. The average molecular weight is 436 g/mol. The Morgan fingerprint density at radius 2 is 1.97 bits per heavy atom. The van der Waals surface area contributed by atoms with Gasteiger partial charge in [-0.2, -0.15) is 9.78 Å². The summed E-state index contributed by atoms with van der Waals surface area (Å²) in [6, 6.07) is 11.4. The summed E-state index contributed by atoms with van der Waals surface area (Å²) in [5.41, 5.74) is 2.63. The van der Waals surface area contributed by atoms with Gasteiger partial charge in [0.1, 0.15) is 11.6 Å². The topological polar surface area (TPSA) is 87.5 Å². The third-order valence-corrected chi connectivity index (χ3v) is 6.39. The van der Waals surface area contributed by atoms with E-state index in [1.54, 1.807) is 32.2 Å². The molecule has 5 rings (SSSR count). The van der Waals surface area contributed by atoms with Gasteiger partial charge in [-0.1, -0.05) is 23.5 Å². The van der Waals surface area contributed by atoms with Gasteiger partial charge in [-0.25, -0.2) is 4.98 Å². The number of anilines is 1. The number of hydrogen-bond donors (Lipinski definition) is 1. The molecule has 8 nitrogen and oxygen atoms in total. The third kappa shape index (κ3) is 3.17. The highest BCUT2D eigenvalue weighted by molar-refractivity contribution is 7.20. The number of hydrogen-bond acceptors (Lipinski definition) is 7. The molecule has 2 aromatic heterocycles. The number of rotatable bonds is 5. The number of aromatic nitrogens is 3.